The van der Waals surface area contributed by atoms with Gasteiger partial charge in [-0.25, -0.2) is 0 Å². The van der Waals surface area contributed by atoms with E-state index < -0.39 is 0 Å². The van der Waals surface area contributed by atoms with Crippen molar-refractivity contribution < 1.29 is 9.53 Å². The number of hydrogen-bond acceptors (Lipinski definition) is 3. The second kappa shape index (κ2) is 8.53. The molecule has 0 aliphatic carbocycles. The van der Waals surface area contributed by atoms with Gasteiger partial charge in [-0.05, 0) is 67.8 Å². The summed E-state index contributed by atoms with van der Waals surface area (Å²) in [5.74, 6) is 0.559. The van der Waals surface area contributed by atoms with E-state index >= 15 is 0 Å². The summed E-state index contributed by atoms with van der Waals surface area (Å²) in [4.78, 5) is 17.6. The van der Waals surface area contributed by atoms with Gasteiger partial charge in [0.05, 0.1) is 16.8 Å². The topological polar surface area (TPSA) is 43.6 Å². The minimum atomic E-state index is -0.233. The molecule has 3 aromatic rings. The van der Waals surface area contributed by atoms with Gasteiger partial charge in [-0.2, -0.15) is 4.99 Å². The molecule has 0 fully saturated rings. The highest BCUT2D eigenvalue weighted by molar-refractivity contribution is 7.16. The van der Waals surface area contributed by atoms with Crippen LogP contribution in [0.1, 0.15) is 47.7 Å². The molecule has 0 aliphatic heterocycles. The van der Waals surface area contributed by atoms with Crippen LogP contribution in [-0.4, -0.2) is 17.1 Å². The molecule has 4 nitrogen and oxygen atoms in total. The Balaban J connectivity index is 1.80. The number of aromatic nitrogens is 1. The molecule has 2 aromatic carbocycles. The lowest BCUT2D eigenvalue weighted by atomic mass is 10.1. The lowest BCUT2D eigenvalue weighted by Crippen LogP contribution is -2.13. The van der Waals surface area contributed by atoms with Crippen molar-refractivity contribution >= 4 is 27.5 Å². The Bertz CT molecular complexity index is 1010. The number of nitrogens with zero attached hydrogens (tertiary/aromatic N) is 2. The summed E-state index contributed by atoms with van der Waals surface area (Å²) in [5, 5.41) is 0. The third-order valence-corrected chi connectivity index (χ3v) is 5.83. The van der Waals surface area contributed by atoms with E-state index in [9.17, 15) is 4.79 Å². The van der Waals surface area contributed by atoms with Crippen LogP contribution in [0.25, 0.3) is 10.2 Å². The van der Waals surface area contributed by atoms with E-state index in [1.807, 2.05) is 23.7 Å². The van der Waals surface area contributed by atoms with Crippen molar-refractivity contribution in [3.8, 4) is 5.75 Å². The average molecular weight is 383 g/mol. The van der Waals surface area contributed by atoms with Crippen molar-refractivity contribution in [3.63, 3.8) is 0 Å². The lowest BCUT2D eigenvalue weighted by Gasteiger charge is -2.05. The number of hydrogen-bond donors (Lipinski definition) is 0. The summed E-state index contributed by atoms with van der Waals surface area (Å²) in [5.41, 5.74) is 4.16. The summed E-state index contributed by atoms with van der Waals surface area (Å²) in [6.45, 7) is 7.08. The number of unbranched alkanes of at least 4 members (excludes halogenated alkanes) is 2. The van der Waals surface area contributed by atoms with Crippen molar-refractivity contribution in [1.29, 1.82) is 0 Å². The number of thiazole rings is 1. The Hall–Kier alpha value is -2.40. The first-order chi connectivity index (χ1) is 13.0. The van der Waals surface area contributed by atoms with E-state index in [-0.39, 0.29) is 5.91 Å². The van der Waals surface area contributed by atoms with Gasteiger partial charge in [-0.3, -0.25) is 4.79 Å². The average Bonchev–Trinajstić information content (AvgIpc) is 2.95. The smallest absolute Gasteiger partial charge is 0.279 e. The Labute approximate surface area is 164 Å². The zero-order chi connectivity index (χ0) is 19.4. The number of aryl methyl sites for hydroxylation is 3. The van der Waals surface area contributed by atoms with Crippen molar-refractivity contribution in [1.82, 2.24) is 4.57 Å². The van der Waals surface area contributed by atoms with Gasteiger partial charge in [0.15, 0.2) is 4.80 Å². The SMILES string of the molecule is CCCCCOc1ccc(C(=O)N=c2sc3cc(C)c(C)cc3n2C)cc1. The first kappa shape index (κ1) is 19.4. The molecular weight excluding hydrogens is 356 g/mol. The summed E-state index contributed by atoms with van der Waals surface area (Å²) < 4.78 is 8.82. The highest BCUT2D eigenvalue weighted by atomic mass is 32.1. The molecule has 0 aliphatic rings. The summed E-state index contributed by atoms with van der Waals surface area (Å²) >= 11 is 1.54. The van der Waals surface area contributed by atoms with Gasteiger partial charge in [0, 0.05) is 12.6 Å². The molecule has 142 valence electrons. The number of benzene rings is 2. The van der Waals surface area contributed by atoms with Crippen LogP contribution in [0.5, 0.6) is 5.75 Å². The van der Waals surface area contributed by atoms with Crippen molar-refractivity contribution in [2.75, 3.05) is 6.61 Å². The molecule has 0 saturated heterocycles. The molecule has 1 aromatic heterocycles. The molecular formula is C22H26N2O2S. The highest BCUT2D eigenvalue weighted by Gasteiger charge is 2.09. The van der Waals surface area contributed by atoms with E-state index in [1.165, 1.54) is 35.3 Å². The number of amides is 1. The number of carbonyl (C=O) groups is 1. The largest absolute Gasteiger partial charge is 0.494 e. The number of rotatable bonds is 6. The second-order valence-corrected chi connectivity index (χ2v) is 7.85. The van der Waals surface area contributed by atoms with Crippen LogP contribution in [0.4, 0.5) is 0 Å². The predicted molar refractivity (Wildman–Crippen MR) is 112 cm³/mol. The molecule has 5 heteroatoms. The molecule has 1 amide bonds. The van der Waals surface area contributed by atoms with Crippen LogP contribution in [0, 0.1) is 13.8 Å². The van der Waals surface area contributed by atoms with E-state index in [2.05, 4.69) is 37.9 Å². The van der Waals surface area contributed by atoms with Crippen LogP contribution in [-0.2, 0) is 7.05 Å². The Morgan fingerprint density at radius 3 is 2.52 bits per heavy atom. The number of carbonyl (C=O) groups excluding carboxylic acids is 1. The molecule has 0 unspecified atom stereocenters. The van der Waals surface area contributed by atoms with Crippen LogP contribution in [0.15, 0.2) is 41.4 Å². The van der Waals surface area contributed by atoms with E-state index in [0.717, 1.165) is 22.4 Å². The Kier molecular flexibility index (Phi) is 6.11. The maximum absolute atomic E-state index is 12.6. The van der Waals surface area contributed by atoms with Crippen LogP contribution in [0.2, 0.25) is 0 Å². The zero-order valence-electron chi connectivity index (χ0n) is 16.4. The Morgan fingerprint density at radius 1 is 1.11 bits per heavy atom. The van der Waals surface area contributed by atoms with Crippen molar-refractivity contribution in [2.24, 2.45) is 12.0 Å². The normalized spacial score (nSPS) is 11.9. The maximum Gasteiger partial charge on any atom is 0.279 e. The fourth-order valence-electron chi connectivity index (χ4n) is 2.87. The minimum absolute atomic E-state index is 0.233. The third-order valence-electron chi connectivity index (χ3n) is 4.74. The number of fused-ring (bicyclic) bond motifs is 1. The minimum Gasteiger partial charge on any atom is -0.494 e. The molecule has 3 rings (SSSR count). The molecule has 0 spiro atoms. The first-order valence-corrected chi connectivity index (χ1v) is 10.2. The monoisotopic (exact) mass is 382 g/mol. The zero-order valence-corrected chi connectivity index (χ0v) is 17.2. The van der Waals surface area contributed by atoms with Crippen molar-refractivity contribution in [3.05, 3.63) is 57.9 Å². The predicted octanol–water partition coefficient (Wildman–Crippen LogP) is 5.17. The molecule has 0 saturated carbocycles. The molecule has 0 bridgehead atoms. The van der Waals surface area contributed by atoms with Gasteiger partial charge in [0.1, 0.15) is 5.75 Å². The standard InChI is InChI=1S/C22H26N2O2S/c1-5-6-7-12-26-18-10-8-17(9-11-18)21(25)23-22-24(4)19-13-15(2)16(3)14-20(19)27-22/h8-11,13-14H,5-7,12H2,1-4H3. The first-order valence-electron chi connectivity index (χ1n) is 9.38. The Morgan fingerprint density at radius 2 is 1.81 bits per heavy atom. The van der Waals surface area contributed by atoms with Crippen molar-refractivity contribution in [2.45, 2.75) is 40.0 Å². The van der Waals surface area contributed by atoms with Gasteiger partial charge in [-0.15, -0.1) is 0 Å². The quantitative estimate of drug-likeness (QED) is 0.552. The van der Waals surface area contributed by atoms with Gasteiger partial charge in [-0.1, -0.05) is 31.1 Å². The van der Waals surface area contributed by atoms with E-state index in [0.29, 0.717) is 17.0 Å². The third kappa shape index (κ3) is 4.48. The number of ether oxygens (including phenoxy) is 1. The fraction of sp³-hybridized carbons (Fsp3) is 0.364. The molecule has 1 heterocycles. The molecule has 27 heavy (non-hydrogen) atoms. The van der Waals surface area contributed by atoms with Gasteiger partial charge >= 0.3 is 0 Å². The van der Waals surface area contributed by atoms with Gasteiger partial charge in [0.25, 0.3) is 5.91 Å². The lowest BCUT2D eigenvalue weighted by molar-refractivity contribution is 0.0998. The second-order valence-electron chi connectivity index (χ2n) is 6.84. The molecule has 0 atom stereocenters. The van der Waals surface area contributed by atoms with Crippen LogP contribution >= 0.6 is 11.3 Å². The fourth-order valence-corrected chi connectivity index (χ4v) is 3.97. The van der Waals surface area contributed by atoms with E-state index in [1.54, 1.807) is 12.1 Å². The highest BCUT2D eigenvalue weighted by Crippen LogP contribution is 2.21. The maximum atomic E-state index is 12.6. The summed E-state index contributed by atoms with van der Waals surface area (Å²) in [7, 11) is 1.95. The van der Waals surface area contributed by atoms with Gasteiger partial charge < -0.3 is 9.30 Å². The van der Waals surface area contributed by atoms with E-state index in [4.69, 9.17) is 4.74 Å². The molecule has 0 radical (unpaired) electrons. The van der Waals surface area contributed by atoms with Crippen LogP contribution < -0.4 is 9.54 Å². The summed E-state index contributed by atoms with van der Waals surface area (Å²) in [6.07, 6.45) is 3.39. The van der Waals surface area contributed by atoms with Gasteiger partial charge in [0.2, 0.25) is 0 Å². The van der Waals surface area contributed by atoms with Crippen LogP contribution in [0.3, 0.4) is 0 Å². The molecule has 0 N–H and O–H groups in total. The summed E-state index contributed by atoms with van der Waals surface area (Å²) in [6, 6.07) is 11.5.